The van der Waals surface area contributed by atoms with Gasteiger partial charge in [0.2, 0.25) is 12.7 Å². The Kier molecular flexibility index (Phi) is 5.56. The summed E-state index contributed by atoms with van der Waals surface area (Å²) < 4.78 is 10.6. The molecule has 25 heavy (non-hydrogen) atoms. The van der Waals surface area contributed by atoms with Crippen molar-refractivity contribution in [2.75, 3.05) is 13.3 Å². The molecule has 0 saturated heterocycles. The monoisotopic (exact) mass is 341 g/mol. The molecule has 0 radical (unpaired) electrons. The van der Waals surface area contributed by atoms with Gasteiger partial charge in [0, 0.05) is 6.54 Å². The van der Waals surface area contributed by atoms with E-state index in [0.717, 1.165) is 17.5 Å². The second-order valence-electron chi connectivity index (χ2n) is 6.08. The lowest BCUT2D eigenvalue weighted by Crippen LogP contribution is -2.30. The van der Waals surface area contributed by atoms with Crippen molar-refractivity contribution in [2.45, 2.75) is 31.8 Å². The lowest BCUT2D eigenvalue weighted by Gasteiger charge is -2.17. The van der Waals surface area contributed by atoms with Crippen LogP contribution in [0.3, 0.4) is 0 Å². The van der Waals surface area contributed by atoms with E-state index in [-0.39, 0.29) is 18.6 Å². The van der Waals surface area contributed by atoms with Crippen LogP contribution in [0.1, 0.15) is 42.9 Å². The number of fused-ring (bicyclic) bond motifs is 1. The Morgan fingerprint density at radius 1 is 1.12 bits per heavy atom. The summed E-state index contributed by atoms with van der Waals surface area (Å²) in [4.78, 5) is 12.4. The molecule has 2 aromatic carbocycles. The van der Waals surface area contributed by atoms with Crippen LogP contribution in [-0.2, 0) is 4.79 Å². The first kappa shape index (κ1) is 17.3. The molecule has 3 rings (SSSR count). The highest BCUT2D eigenvalue weighted by Crippen LogP contribution is 2.34. The number of aliphatic hydroxyl groups excluding tert-OH is 1. The number of aliphatic hydroxyl groups is 1. The highest BCUT2D eigenvalue weighted by molar-refractivity contribution is 5.83. The average molecular weight is 341 g/mol. The summed E-state index contributed by atoms with van der Waals surface area (Å²) >= 11 is 0. The lowest BCUT2D eigenvalue weighted by atomic mass is 9.95. The molecule has 0 saturated carbocycles. The molecule has 1 heterocycles. The minimum Gasteiger partial charge on any atom is -0.454 e. The third-order valence-electron chi connectivity index (χ3n) is 4.43. The number of hydrogen-bond acceptors (Lipinski definition) is 4. The van der Waals surface area contributed by atoms with Gasteiger partial charge in [0.25, 0.3) is 0 Å². The number of ether oxygens (including phenoxy) is 2. The fourth-order valence-electron chi connectivity index (χ4n) is 3.00. The second-order valence-corrected chi connectivity index (χ2v) is 6.08. The van der Waals surface area contributed by atoms with E-state index in [1.807, 2.05) is 43.3 Å². The molecule has 2 aromatic rings. The maximum absolute atomic E-state index is 12.4. The Morgan fingerprint density at radius 2 is 1.88 bits per heavy atom. The van der Waals surface area contributed by atoms with E-state index in [1.165, 1.54) is 0 Å². The Bertz CT molecular complexity index is 717. The summed E-state index contributed by atoms with van der Waals surface area (Å²) in [5.74, 6) is 1.17. The molecule has 0 bridgehead atoms. The largest absolute Gasteiger partial charge is 0.454 e. The van der Waals surface area contributed by atoms with Gasteiger partial charge >= 0.3 is 0 Å². The van der Waals surface area contributed by atoms with Crippen molar-refractivity contribution in [1.82, 2.24) is 5.32 Å². The molecule has 1 amide bonds. The summed E-state index contributed by atoms with van der Waals surface area (Å²) in [6.07, 6.45) is 0.517. The van der Waals surface area contributed by atoms with Crippen LogP contribution in [0.2, 0.25) is 0 Å². The molecule has 0 spiro atoms. The van der Waals surface area contributed by atoms with Crippen molar-refractivity contribution in [3.63, 3.8) is 0 Å². The molecule has 1 aliphatic heterocycles. The van der Waals surface area contributed by atoms with Gasteiger partial charge in [0.1, 0.15) is 0 Å². The summed E-state index contributed by atoms with van der Waals surface area (Å²) in [6.45, 7) is 2.62. The standard InChI is InChI=1S/C20H23NO4/c1-2-16(14-6-4-3-5-7-14)20(23)21-11-10-17(22)15-8-9-18-19(12-15)25-13-24-18/h3-9,12,16-17,22H,2,10-11,13H2,1H3,(H,21,23)/t16-,17-/m0/s1. The molecule has 5 nitrogen and oxygen atoms in total. The Morgan fingerprint density at radius 3 is 2.64 bits per heavy atom. The van der Waals surface area contributed by atoms with Crippen molar-refractivity contribution in [1.29, 1.82) is 0 Å². The quantitative estimate of drug-likeness (QED) is 0.812. The Hall–Kier alpha value is -2.53. The molecule has 0 aliphatic carbocycles. The summed E-state index contributed by atoms with van der Waals surface area (Å²) in [5, 5.41) is 13.3. The number of hydrogen-bond donors (Lipinski definition) is 2. The van der Waals surface area contributed by atoms with Crippen LogP contribution < -0.4 is 14.8 Å². The van der Waals surface area contributed by atoms with Crippen molar-refractivity contribution >= 4 is 5.91 Å². The van der Waals surface area contributed by atoms with Gasteiger partial charge in [-0.25, -0.2) is 0 Å². The maximum Gasteiger partial charge on any atom is 0.231 e. The maximum atomic E-state index is 12.4. The van der Waals surface area contributed by atoms with E-state index in [4.69, 9.17) is 9.47 Å². The molecule has 2 N–H and O–H groups in total. The number of benzene rings is 2. The Labute approximate surface area is 147 Å². The zero-order chi connectivity index (χ0) is 17.6. The highest BCUT2D eigenvalue weighted by atomic mass is 16.7. The van der Waals surface area contributed by atoms with Crippen LogP contribution in [0.4, 0.5) is 0 Å². The lowest BCUT2D eigenvalue weighted by molar-refractivity contribution is -0.122. The van der Waals surface area contributed by atoms with E-state index in [0.29, 0.717) is 24.5 Å². The third-order valence-corrected chi connectivity index (χ3v) is 4.43. The number of nitrogens with one attached hydrogen (secondary N) is 1. The van der Waals surface area contributed by atoms with Gasteiger partial charge in [-0.3, -0.25) is 4.79 Å². The number of carbonyl (C=O) groups is 1. The smallest absolute Gasteiger partial charge is 0.231 e. The summed E-state index contributed by atoms with van der Waals surface area (Å²) in [6, 6.07) is 15.2. The minimum atomic E-state index is -0.661. The number of rotatable bonds is 7. The van der Waals surface area contributed by atoms with Crippen molar-refractivity contribution in [3.05, 3.63) is 59.7 Å². The molecular weight excluding hydrogens is 318 g/mol. The van der Waals surface area contributed by atoms with Gasteiger partial charge in [-0.15, -0.1) is 0 Å². The van der Waals surface area contributed by atoms with Crippen molar-refractivity contribution < 1.29 is 19.4 Å². The molecule has 5 heteroatoms. The molecule has 132 valence electrons. The van der Waals surface area contributed by atoms with Gasteiger partial charge in [-0.1, -0.05) is 43.3 Å². The van der Waals surface area contributed by atoms with E-state index < -0.39 is 6.10 Å². The molecule has 1 aliphatic rings. The van der Waals surface area contributed by atoms with Gasteiger partial charge in [-0.2, -0.15) is 0 Å². The first-order valence-electron chi connectivity index (χ1n) is 8.59. The predicted molar refractivity (Wildman–Crippen MR) is 94.6 cm³/mol. The van der Waals surface area contributed by atoms with Crippen LogP contribution in [0, 0.1) is 0 Å². The normalized spacial score (nSPS) is 14.8. The molecule has 0 unspecified atom stereocenters. The van der Waals surface area contributed by atoms with Gasteiger partial charge in [0.05, 0.1) is 12.0 Å². The van der Waals surface area contributed by atoms with Crippen LogP contribution in [0.5, 0.6) is 11.5 Å². The van der Waals surface area contributed by atoms with E-state index in [9.17, 15) is 9.90 Å². The predicted octanol–water partition coefficient (Wildman–Crippen LogP) is 3.15. The first-order valence-corrected chi connectivity index (χ1v) is 8.59. The number of amides is 1. The SMILES string of the molecule is CC[C@H](C(=O)NCC[C@H](O)c1ccc2c(c1)OCO2)c1ccccc1. The minimum absolute atomic E-state index is 0.00779. The van der Waals surface area contributed by atoms with Crippen molar-refractivity contribution in [2.24, 2.45) is 0 Å². The third kappa shape index (κ3) is 4.12. The molecule has 0 fully saturated rings. The van der Waals surface area contributed by atoms with Crippen LogP contribution in [-0.4, -0.2) is 24.4 Å². The Balaban J connectivity index is 1.52. The second kappa shape index (κ2) is 8.03. The van der Waals surface area contributed by atoms with Crippen LogP contribution in [0.25, 0.3) is 0 Å². The summed E-state index contributed by atoms with van der Waals surface area (Å²) in [7, 11) is 0. The number of carbonyl (C=O) groups excluding carboxylic acids is 1. The van der Waals surface area contributed by atoms with Gasteiger partial charge in [0.15, 0.2) is 11.5 Å². The summed E-state index contributed by atoms with van der Waals surface area (Å²) in [5.41, 5.74) is 1.77. The molecule has 0 aromatic heterocycles. The van der Waals surface area contributed by atoms with Crippen LogP contribution >= 0.6 is 0 Å². The topological polar surface area (TPSA) is 67.8 Å². The average Bonchev–Trinajstić information content (AvgIpc) is 3.11. The fourth-order valence-corrected chi connectivity index (χ4v) is 3.00. The van der Waals surface area contributed by atoms with Crippen LogP contribution in [0.15, 0.2) is 48.5 Å². The highest BCUT2D eigenvalue weighted by Gasteiger charge is 2.19. The van der Waals surface area contributed by atoms with Crippen molar-refractivity contribution in [3.8, 4) is 11.5 Å². The van der Waals surface area contributed by atoms with E-state index in [2.05, 4.69) is 5.32 Å². The van der Waals surface area contributed by atoms with Gasteiger partial charge in [-0.05, 0) is 36.1 Å². The zero-order valence-corrected chi connectivity index (χ0v) is 14.3. The zero-order valence-electron chi connectivity index (χ0n) is 14.3. The van der Waals surface area contributed by atoms with E-state index in [1.54, 1.807) is 12.1 Å². The molecular formula is C20H23NO4. The molecule has 2 atom stereocenters. The van der Waals surface area contributed by atoms with Gasteiger partial charge < -0.3 is 19.9 Å². The first-order chi connectivity index (χ1) is 12.2. The fraction of sp³-hybridized carbons (Fsp3) is 0.350. The van der Waals surface area contributed by atoms with E-state index >= 15 is 0 Å².